The van der Waals surface area contributed by atoms with Gasteiger partial charge < -0.3 is 9.64 Å². The van der Waals surface area contributed by atoms with Crippen LogP contribution in [0.5, 0.6) is 0 Å². The summed E-state index contributed by atoms with van der Waals surface area (Å²) in [5.74, 6) is -1.15. The summed E-state index contributed by atoms with van der Waals surface area (Å²) in [5.41, 5.74) is 0.743. The zero-order valence-corrected chi connectivity index (χ0v) is 17.8. The molecule has 1 unspecified atom stereocenters. The Bertz CT molecular complexity index is 956. The van der Waals surface area contributed by atoms with Crippen LogP contribution in [0.3, 0.4) is 0 Å². The molecule has 8 heteroatoms. The van der Waals surface area contributed by atoms with Gasteiger partial charge in [-0.1, -0.05) is 38.1 Å². The predicted molar refractivity (Wildman–Crippen MR) is 111 cm³/mol. The topological polar surface area (TPSA) is 84.0 Å². The molecule has 0 N–H and O–H groups in total. The fraction of sp³-hybridized carbons (Fsp3) is 0.333. The normalized spacial score (nSPS) is 12.4. The molecule has 0 bridgehead atoms. The first-order valence-electron chi connectivity index (χ1n) is 9.36. The van der Waals surface area contributed by atoms with Crippen molar-refractivity contribution in [2.75, 3.05) is 25.0 Å². The summed E-state index contributed by atoms with van der Waals surface area (Å²) in [6.45, 7) is 5.62. The molecule has 0 radical (unpaired) electrons. The van der Waals surface area contributed by atoms with Crippen LogP contribution in [0.2, 0.25) is 0 Å². The van der Waals surface area contributed by atoms with E-state index in [0.717, 1.165) is 0 Å². The molecule has 0 fully saturated rings. The van der Waals surface area contributed by atoms with Crippen molar-refractivity contribution in [3.05, 3.63) is 60.2 Å². The molecule has 156 valence electrons. The van der Waals surface area contributed by atoms with E-state index in [2.05, 4.69) is 0 Å². The van der Waals surface area contributed by atoms with Crippen LogP contribution in [0, 0.1) is 0 Å². The second kappa shape index (κ2) is 9.67. The zero-order valence-electron chi connectivity index (χ0n) is 17.0. The predicted octanol–water partition coefficient (Wildman–Crippen LogP) is 2.93. The molecule has 0 aliphatic rings. The maximum absolute atomic E-state index is 12.7. The molecular formula is C21H26N2O5S. The number of carbonyl (C=O) groups excluding carboxylic acids is 2. The molecule has 0 heterocycles. The second-order valence-electron chi connectivity index (χ2n) is 6.40. The highest BCUT2D eigenvalue weighted by molar-refractivity contribution is 7.89. The van der Waals surface area contributed by atoms with Gasteiger partial charge >= 0.3 is 5.97 Å². The lowest BCUT2D eigenvalue weighted by atomic mass is 10.2. The van der Waals surface area contributed by atoms with Crippen LogP contribution < -0.4 is 4.90 Å². The van der Waals surface area contributed by atoms with Crippen molar-refractivity contribution in [1.82, 2.24) is 4.31 Å². The van der Waals surface area contributed by atoms with Crippen LogP contribution >= 0.6 is 0 Å². The van der Waals surface area contributed by atoms with Gasteiger partial charge in [0.1, 0.15) is 0 Å². The largest absolute Gasteiger partial charge is 0.449 e. The Hall–Kier alpha value is -2.71. The maximum atomic E-state index is 12.7. The van der Waals surface area contributed by atoms with Gasteiger partial charge in [0, 0.05) is 25.8 Å². The molecule has 2 aromatic carbocycles. The molecule has 0 aromatic heterocycles. The number of benzene rings is 2. The molecule has 29 heavy (non-hydrogen) atoms. The summed E-state index contributed by atoms with van der Waals surface area (Å²) in [4.78, 5) is 26.5. The molecule has 0 aliphatic carbocycles. The van der Waals surface area contributed by atoms with E-state index in [9.17, 15) is 18.0 Å². The number of para-hydroxylation sites is 1. The first kappa shape index (κ1) is 22.6. The highest BCUT2D eigenvalue weighted by Crippen LogP contribution is 2.19. The second-order valence-corrected chi connectivity index (χ2v) is 8.34. The molecule has 0 saturated carbocycles. The van der Waals surface area contributed by atoms with Gasteiger partial charge in [0.25, 0.3) is 5.91 Å². The van der Waals surface area contributed by atoms with E-state index in [4.69, 9.17) is 4.74 Å². The van der Waals surface area contributed by atoms with E-state index in [0.29, 0.717) is 18.8 Å². The Morgan fingerprint density at radius 3 is 2.21 bits per heavy atom. The minimum atomic E-state index is -3.70. The van der Waals surface area contributed by atoms with Gasteiger partial charge in [-0.25, -0.2) is 13.2 Å². The lowest BCUT2D eigenvalue weighted by Gasteiger charge is -2.22. The van der Waals surface area contributed by atoms with Crippen molar-refractivity contribution in [3.63, 3.8) is 0 Å². The first-order chi connectivity index (χ1) is 13.7. The van der Waals surface area contributed by atoms with Crippen molar-refractivity contribution >= 4 is 27.6 Å². The van der Waals surface area contributed by atoms with Crippen LogP contribution in [-0.4, -0.2) is 50.8 Å². The van der Waals surface area contributed by atoms with E-state index in [-0.39, 0.29) is 10.5 Å². The van der Waals surface area contributed by atoms with Gasteiger partial charge in [0.2, 0.25) is 10.0 Å². The highest BCUT2D eigenvalue weighted by Gasteiger charge is 2.25. The van der Waals surface area contributed by atoms with Crippen LogP contribution in [0.15, 0.2) is 59.5 Å². The molecule has 1 atom stereocenters. The van der Waals surface area contributed by atoms with E-state index in [1.807, 2.05) is 6.07 Å². The van der Waals surface area contributed by atoms with E-state index in [1.165, 1.54) is 40.4 Å². The van der Waals surface area contributed by atoms with E-state index < -0.39 is 28.0 Å². The summed E-state index contributed by atoms with van der Waals surface area (Å²) < 4.78 is 31.9. The Kier molecular flexibility index (Phi) is 7.53. The van der Waals surface area contributed by atoms with Crippen LogP contribution in [0.25, 0.3) is 0 Å². The number of hydrogen-bond donors (Lipinski definition) is 0. The zero-order chi connectivity index (χ0) is 21.6. The van der Waals surface area contributed by atoms with Crippen molar-refractivity contribution in [2.45, 2.75) is 31.8 Å². The minimum absolute atomic E-state index is 0.0102. The number of anilines is 1. The number of ether oxygens (including phenoxy) is 1. The van der Waals surface area contributed by atoms with Gasteiger partial charge in [0.05, 0.1) is 10.5 Å². The van der Waals surface area contributed by atoms with Gasteiger partial charge in [-0.15, -0.1) is 0 Å². The third kappa shape index (κ3) is 5.21. The summed E-state index contributed by atoms with van der Waals surface area (Å²) in [6.07, 6.45) is -1.03. The fourth-order valence-corrected chi connectivity index (χ4v) is 4.33. The monoisotopic (exact) mass is 418 g/mol. The molecule has 0 spiro atoms. The van der Waals surface area contributed by atoms with Crippen molar-refractivity contribution in [3.8, 4) is 0 Å². The molecule has 0 aliphatic heterocycles. The number of esters is 1. The number of sulfonamides is 1. The van der Waals surface area contributed by atoms with E-state index >= 15 is 0 Å². The number of likely N-dealkylation sites (N-methyl/N-ethyl adjacent to an activating group) is 1. The first-order valence-corrected chi connectivity index (χ1v) is 10.8. The number of rotatable bonds is 8. The number of carbonyl (C=O) groups is 2. The van der Waals surface area contributed by atoms with Gasteiger partial charge in [-0.05, 0) is 37.3 Å². The van der Waals surface area contributed by atoms with Crippen LogP contribution in [0.1, 0.15) is 31.1 Å². The lowest BCUT2D eigenvalue weighted by molar-refractivity contribution is -0.126. The van der Waals surface area contributed by atoms with Crippen molar-refractivity contribution in [1.29, 1.82) is 0 Å². The summed E-state index contributed by atoms with van der Waals surface area (Å²) >= 11 is 0. The Labute approximate surface area is 171 Å². The Balaban J connectivity index is 2.16. The molecule has 2 aromatic rings. The van der Waals surface area contributed by atoms with Crippen LogP contribution in [-0.2, 0) is 19.6 Å². The summed E-state index contributed by atoms with van der Waals surface area (Å²) in [6, 6.07) is 14.6. The highest BCUT2D eigenvalue weighted by atomic mass is 32.2. The van der Waals surface area contributed by atoms with Crippen molar-refractivity contribution < 1.29 is 22.7 Å². The molecular weight excluding hydrogens is 392 g/mol. The maximum Gasteiger partial charge on any atom is 0.338 e. The van der Waals surface area contributed by atoms with Gasteiger partial charge in [0.15, 0.2) is 6.10 Å². The summed E-state index contributed by atoms with van der Waals surface area (Å²) in [5, 5.41) is 0. The smallest absolute Gasteiger partial charge is 0.338 e. The van der Waals surface area contributed by atoms with Crippen molar-refractivity contribution in [2.24, 2.45) is 0 Å². The van der Waals surface area contributed by atoms with Gasteiger partial charge in [-0.2, -0.15) is 4.31 Å². The number of hydrogen-bond acceptors (Lipinski definition) is 5. The Morgan fingerprint density at radius 2 is 1.62 bits per heavy atom. The SMILES string of the molecule is CCN(CC)S(=O)(=O)c1cccc(C(=O)OC(C)C(=O)N(C)c2ccccc2)c1. The molecule has 0 saturated heterocycles. The molecule has 1 amide bonds. The number of nitrogens with zero attached hydrogens (tertiary/aromatic N) is 2. The number of amides is 1. The molecule has 2 rings (SSSR count). The average Bonchev–Trinajstić information content (AvgIpc) is 2.74. The third-order valence-electron chi connectivity index (χ3n) is 4.52. The molecule has 7 nitrogen and oxygen atoms in total. The quantitative estimate of drug-likeness (QED) is 0.616. The van der Waals surface area contributed by atoms with Crippen LogP contribution in [0.4, 0.5) is 5.69 Å². The Morgan fingerprint density at radius 1 is 1.00 bits per heavy atom. The average molecular weight is 419 g/mol. The standard InChI is InChI=1S/C21H26N2O5S/c1-5-23(6-2)29(26,27)19-14-10-11-17(15-19)21(25)28-16(3)20(24)22(4)18-12-8-7-9-13-18/h7-16H,5-6H2,1-4H3. The van der Waals surface area contributed by atoms with E-state index in [1.54, 1.807) is 45.2 Å². The summed E-state index contributed by atoms with van der Waals surface area (Å²) in [7, 11) is -2.10. The third-order valence-corrected chi connectivity index (χ3v) is 6.56. The van der Waals surface area contributed by atoms with Gasteiger partial charge in [-0.3, -0.25) is 4.79 Å². The fourth-order valence-electron chi connectivity index (χ4n) is 2.83. The minimum Gasteiger partial charge on any atom is -0.449 e. The lowest BCUT2D eigenvalue weighted by Crippen LogP contribution is -2.37.